The van der Waals surface area contributed by atoms with Gasteiger partial charge in [-0.15, -0.1) is 0 Å². The number of pyridine rings is 2. The number of H-pyrrole nitrogens is 2. The van der Waals surface area contributed by atoms with Crippen LogP contribution in [0.3, 0.4) is 0 Å². The van der Waals surface area contributed by atoms with E-state index in [2.05, 4.69) is 32.3 Å². The van der Waals surface area contributed by atoms with Gasteiger partial charge < -0.3 is 10.1 Å². The van der Waals surface area contributed by atoms with E-state index in [1.54, 1.807) is 0 Å². The molecule has 0 aliphatic carbocycles. The third-order valence-corrected chi connectivity index (χ3v) is 5.36. The summed E-state index contributed by atoms with van der Waals surface area (Å²) in [6, 6.07) is 14.0. The fraction of sp³-hybridized carbons (Fsp3) is 0.227. The van der Waals surface area contributed by atoms with Gasteiger partial charge in [0.25, 0.3) is 5.91 Å². The number of aromatic nitrogens is 3. The number of hydrogen-bond acceptors (Lipinski definition) is 3. The quantitative estimate of drug-likeness (QED) is 0.519. The van der Waals surface area contributed by atoms with E-state index in [4.69, 9.17) is 4.74 Å². The number of rotatable bonds is 4. The maximum atomic E-state index is 13.1. The largest absolute Gasteiger partial charge is 0.375 e. The van der Waals surface area contributed by atoms with Gasteiger partial charge in [-0.1, -0.05) is 24.3 Å². The Morgan fingerprint density at radius 1 is 1.14 bits per heavy atom. The van der Waals surface area contributed by atoms with E-state index in [9.17, 15) is 4.79 Å². The van der Waals surface area contributed by atoms with Crippen LogP contribution < -0.4 is 19.6 Å². The standard InChI is InChI=1S/C22H21N5O2/c28-21(24-15-17-14-23-13-16-5-1-2-6-18(16)17)20-19-7-3-4-8-27(19)22(25-20)26-9-11-29-12-10-26/h1-8,13-14H,9-12,15H2,(H,24,28)/p+2. The molecule has 1 aromatic carbocycles. The third-order valence-electron chi connectivity index (χ3n) is 5.36. The Morgan fingerprint density at radius 2 is 1.97 bits per heavy atom. The van der Waals surface area contributed by atoms with E-state index >= 15 is 0 Å². The molecule has 1 saturated heterocycles. The minimum atomic E-state index is -0.124. The monoisotopic (exact) mass is 389 g/mol. The fourth-order valence-electron chi connectivity index (χ4n) is 3.88. The van der Waals surface area contributed by atoms with Gasteiger partial charge in [-0.25, -0.2) is 14.4 Å². The van der Waals surface area contributed by atoms with Gasteiger partial charge in [0.2, 0.25) is 5.69 Å². The van der Waals surface area contributed by atoms with Crippen LogP contribution in [0.25, 0.3) is 16.3 Å². The lowest BCUT2D eigenvalue weighted by molar-refractivity contribution is -0.497. The second-order valence-electron chi connectivity index (χ2n) is 7.13. The molecular formula is C22H23N5O2+2. The molecule has 4 heterocycles. The third kappa shape index (κ3) is 3.30. The molecule has 0 saturated carbocycles. The number of aromatic amines is 2. The van der Waals surface area contributed by atoms with Crippen LogP contribution in [0.4, 0.5) is 5.95 Å². The Balaban J connectivity index is 1.43. The summed E-state index contributed by atoms with van der Waals surface area (Å²) >= 11 is 0. The predicted molar refractivity (Wildman–Crippen MR) is 109 cm³/mol. The van der Waals surface area contributed by atoms with Crippen LogP contribution in [0.2, 0.25) is 0 Å². The number of morpholine rings is 1. The zero-order valence-corrected chi connectivity index (χ0v) is 16.0. The number of hydrogen-bond donors (Lipinski definition) is 2. The summed E-state index contributed by atoms with van der Waals surface area (Å²) in [5, 5.41) is 5.32. The van der Waals surface area contributed by atoms with E-state index < -0.39 is 0 Å². The zero-order valence-electron chi connectivity index (χ0n) is 16.0. The average Bonchev–Trinajstić information content (AvgIpc) is 3.18. The lowest BCUT2D eigenvalue weighted by Gasteiger charge is -2.21. The molecule has 1 fully saturated rings. The number of nitrogens with zero attached hydrogens (tertiary/aromatic N) is 2. The summed E-state index contributed by atoms with van der Waals surface area (Å²) in [5.41, 5.74) is 2.47. The number of imidazole rings is 1. The van der Waals surface area contributed by atoms with Gasteiger partial charge in [0.15, 0.2) is 17.9 Å². The van der Waals surface area contributed by atoms with Crippen molar-refractivity contribution in [2.45, 2.75) is 6.54 Å². The van der Waals surface area contributed by atoms with Gasteiger partial charge in [-0.05, 0) is 23.6 Å². The van der Waals surface area contributed by atoms with E-state index in [0.717, 1.165) is 40.9 Å². The van der Waals surface area contributed by atoms with Gasteiger partial charge in [0.05, 0.1) is 32.5 Å². The lowest BCUT2D eigenvalue weighted by Crippen LogP contribution is -2.41. The number of benzene rings is 1. The first-order valence-corrected chi connectivity index (χ1v) is 9.82. The van der Waals surface area contributed by atoms with E-state index in [-0.39, 0.29) is 5.91 Å². The highest BCUT2D eigenvalue weighted by molar-refractivity contribution is 5.98. The average molecular weight is 389 g/mol. The zero-order chi connectivity index (χ0) is 19.6. The first kappa shape index (κ1) is 17.6. The molecule has 7 heteroatoms. The molecule has 1 amide bonds. The molecule has 0 atom stereocenters. The maximum absolute atomic E-state index is 13.1. The summed E-state index contributed by atoms with van der Waals surface area (Å²) in [5.74, 6) is 0.786. The van der Waals surface area contributed by atoms with Crippen molar-refractivity contribution in [2.75, 3.05) is 31.2 Å². The van der Waals surface area contributed by atoms with E-state index in [0.29, 0.717) is 25.5 Å². The van der Waals surface area contributed by atoms with Crippen LogP contribution in [0.15, 0.2) is 61.1 Å². The van der Waals surface area contributed by atoms with Crippen molar-refractivity contribution >= 4 is 28.1 Å². The number of fused-ring (bicyclic) bond motifs is 2. The number of amides is 1. The summed E-state index contributed by atoms with van der Waals surface area (Å²) in [7, 11) is 0. The summed E-state index contributed by atoms with van der Waals surface area (Å²) < 4.78 is 7.50. The molecule has 0 spiro atoms. The Bertz CT molecular complexity index is 1170. The van der Waals surface area contributed by atoms with Crippen LogP contribution in [0.1, 0.15) is 16.1 Å². The molecule has 0 bridgehead atoms. The molecule has 5 rings (SSSR count). The van der Waals surface area contributed by atoms with Crippen LogP contribution in [0.5, 0.6) is 0 Å². The molecule has 29 heavy (non-hydrogen) atoms. The van der Waals surface area contributed by atoms with Gasteiger partial charge in [0, 0.05) is 17.5 Å². The molecule has 146 valence electrons. The summed E-state index contributed by atoms with van der Waals surface area (Å²) in [4.78, 5) is 21.8. The SMILES string of the molecule is O=C(NCc1c[nH+]cc2ccccc12)c1[nH]c(N2CCOCC2)[n+]2ccccc12. The molecule has 0 unspecified atom stereocenters. The van der Waals surface area contributed by atoms with Crippen molar-refractivity contribution in [3.8, 4) is 0 Å². The molecule has 7 nitrogen and oxygen atoms in total. The van der Waals surface area contributed by atoms with Crippen LogP contribution in [-0.2, 0) is 11.3 Å². The molecule has 3 N–H and O–H groups in total. The highest BCUT2D eigenvalue weighted by Crippen LogP contribution is 2.17. The Labute approximate surface area is 167 Å². The first-order chi connectivity index (χ1) is 14.3. The highest BCUT2D eigenvalue weighted by Gasteiger charge is 2.28. The van der Waals surface area contributed by atoms with Crippen molar-refractivity contribution in [2.24, 2.45) is 0 Å². The number of nitrogens with one attached hydrogen (secondary N) is 3. The first-order valence-electron chi connectivity index (χ1n) is 9.82. The number of carbonyl (C=O) groups is 1. The van der Waals surface area contributed by atoms with Gasteiger partial charge in [-0.2, -0.15) is 0 Å². The summed E-state index contributed by atoms with van der Waals surface area (Å²) in [6.07, 6.45) is 5.88. The normalized spacial score (nSPS) is 14.4. The molecule has 4 aromatic rings. The second kappa shape index (κ2) is 7.52. The predicted octanol–water partition coefficient (Wildman–Crippen LogP) is 1.49. The molecule has 0 radical (unpaired) electrons. The number of ether oxygens (including phenoxy) is 1. The highest BCUT2D eigenvalue weighted by atomic mass is 16.5. The smallest absolute Gasteiger partial charge is 0.363 e. The van der Waals surface area contributed by atoms with Gasteiger partial charge in [-0.3, -0.25) is 9.69 Å². The van der Waals surface area contributed by atoms with Crippen LogP contribution in [0, 0.1) is 0 Å². The fourth-order valence-corrected chi connectivity index (χ4v) is 3.88. The van der Waals surface area contributed by atoms with Crippen LogP contribution in [-0.4, -0.2) is 37.2 Å². The minimum Gasteiger partial charge on any atom is -0.375 e. The number of carbonyl (C=O) groups excluding carboxylic acids is 1. The Kier molecular flexibility index (Phi) is 4.57. The van der Waals surface area contributed by atoms with Crippen molar-refractivity contribution in [1.29, 1.82) is 0 Å². The second-order valence-corrected chi connectivity index (χ2v) is 7.13. The number of anilines is 1. The van der Waals surface area contributed by atoms with Gasteiger partial charge >= 0.3 is 5.95 Å². The van der Waals surface area contributed by atoms with Crippen molar-refractivity contribution in [3.05, 3.63) is 72.3 Å². The van der Waals surface area contributed by atoms with E-state index in [1.807, 2.05) is 53.3 Å². The maximum Gasteiger partial charge on any atom is 0.363 e. The Morgan fingerprint density at radius 3 is 2.86 bits per heavy atom. The Hall–Kier alpha value is -3.45. The van der Waals surface area contributed by atoms with Gasteiger partial charge in [0.1, 0.15) is 0 Å². The summed E-state index contributed by atoms with van der Waals surface area (Å²) in [6.45, 7) is 3.41. The molecule has 1 aliphatic rings. The van der Waals surface area contributed by atoms with Crippen LogP contribution >= 0.6 is 0 Å². The van der Waals surface area contributed by atoms with Crippen molar-refractivity contribution in [1.82, 2.24) is 10.3 Å². The topological polar surface area (TPSA) is 75.6 Å². The molecule has 1 aliphatic heterocycles. The molecule has 3 aromatic heterocycles. The van der Waals surface area contributed by atoms with E-state index in [1.165, 1.54) is 0 Å². The lowest BCUT2D eigenvalue weighted by atomic mass is 10.1. The van der Waals surface area contributed by atoms with Crippen molar-refractivity contribution in [3.63, 3.8) is 0 Å². The van der Waals surface area contributed by atoms with Crippen molar-refractivity contribution < 1.29 is 18.9 Å². The molecular weight excluding hydrogens is 366 g/mol. The minimum absolute atomic E-state index is 0.124.